The topological polar surface area (TPSA) is 105 Å². The van der Waals surface area contributed by atoms with E-state index in [1.165, 1.54) is 6.33 Å². The van der Waals surface area contributed by atoms with Gasteiger partial charge in [-0.1, -0.05) is 0 Å². The van der Waals surface area contributed by atoms with Crippen LogP contribution < -0.4 is 16.5 Å². The maximum absolute atomic E-state index is 11.6. The zero-order chi connectivity index (χ0) is 16.8. The predicted molar refractivity (Wildman–Crippen MR) is 89.4 cm³/mol. The molecule has 8 heteroatoms. The Hall–Kier alpha value is -2.87. The molecule has 0 aliphatic rings. The van der Waals surface area contributed by atoms with Crippen LogP contribution in [0, 0.1) is 0 Å². The van der Waals surface area contributed by atoms with E-state index in [0.717, 1.165) is 5.69 Å². The van der Waals surface area contributed by atoms with E-state index in [9.17, 15) is 4.79 Å². The monoisotopic (exact) mass is 316 g/mol. The van der Waals surface area contributed by atoms with Gasteiger partial charge in [0, 0.05) is 19.8 Å². The van der Waals surface area contributed by atoms with E-state index in [4.69, 9.17) is 10.5 Å². The van der Waals surface area contributed by atoms with Crippen molar-refractivity contribution in [2.45, 2.75) is 6.92 Å². The van der Waals surface area contributed by atoms with Crippen LogP contribution in [0.2, 0.25) is 0 Å². The van der Waals surface area contributed by atoms with Gasteiger partial charge in [0.15, 0.2) is 11.6 Å². The highest BCUT2D eigenvalue weighted by molar-refractivity contribution is 5.90. The number of nitrogens with two attached hydrogens (primary N) is 1. The van der Waals surface area contributed by atoms with Crippen molar-refractivity contribution >= 4 is 29.0 Å². The molecule has 0 radical (unpaired) electrons. The van der Waals surface area contributed by atoms with Crippen LogP contribution in [0.1, 0.15) is 17.3 Å². The molecule has 1 aromatic carbocycles. The largest absolute Gasteiger partial charge is 0.462 e. The molecule has 8 nitrogen and oxygen atoms in total. The summed E-state index contributed by atoms with van der Waals surface area (Å²) >= 11 is 0. The fourth-order valence-electron chi connectivity index (χ4n) is 1.84. The van der Waals surface area contributed by atoms with Gasteiger partial charge in [0.05, 0.1) is 12.2 Å². The lowest BCUT2D eigenvalue weighted by molar-refractivity contribution is 0.0526. The summed E-state index contributed by atoms with van der Waals surface area (Å²) < 4.78 is 4.94. The molecular weight excluding hydrogens is 296 g/mol. The first-order chi connectivity index (χ1) is 11.0. The summed E-state index contributed by atoms with van der Waals surface area (Å²) in [5, 5.41) is 4.83. The molecule has 1 aromatic heterocycles. The molecule has 4 N–H and O–H groups in total. The Bertz CT molecular complexity index is 672. The molecule has 23 heavy (non-hydrogen) atoms. The number of anilines is 4. The van der Waals surface area contributed by atoms with Crippen molar-refractivity contribution in [1.29, 1.82) is 0 Å². The number of esters is 1. The van der Waals surface area contributed by atoms with E-state index < -0.39 is 0 Å². The van der Waals surface area contributed by atoms with Crippen LogP contribution in [-0.2, 0) is 4.74 Å². The number of aromatic nitrogens is 2. The number of hydrogen-bond acceptors (Lipinski definition) is 8. The van der Waals surface area contributed by atoms with E-state index >= 15 is 0 Å². The minimum atomic E-state index is -0.349. The van der Waals surface area contributed by atoms with Gasteiger partial charge in [-0.2, -0.15) is 0 Å². The summed E-state index contributed by atoms with van der Waals surface area (Å²) in [5.41, 5.74) is 10.7. The maximum atomic E-state index is 11.6. The van der Waals surface area contributed by atoms with E-state index in [-0.39, 0.29) is 5.97 Å². The van der Waals surface area contributed by atoms with Crippen LogP contribution in [0.25, 0.3) is 0 Å². The first kappa shape index (κ1) is 16.5. The van der Waals surface area contributed by atoms with Crippen LogP contribution in [0.5, 0.6) is 0 Å². The van der Waals surface area contributed by atoms with Crippen LogP contribution >= 0.6 is 0 Å². The molecule has 0 atom stereocenters. The Morgan fingerprint density at radius 3 is 2.48 bits per heavy atom. The van der Waals surface area contributed by atoms with Crippen molar-refractivity contribution in [1.82, 2.24) is 15.0 Å². The maximum Gasteiger partial charge on any atom is 0.338 e. The average molecular weight is 316 g/mol. The lowest BCUT2D eigenvalue weighted by Crippen LogP contribution is -2.21. The Balaban J connectivity index is 2.15. The molecular formula is C15H20N6O2. The fourth-order valence-corrected chi connectivity index (χ4v) is 1.84. The summed E-state index contributed by atoms with van der Waals surface area (Å²) in [6.45, 7) is 2.11. The van der Waals surface area contributed by atoms with Gasteiger partial charge in [0.2, 0.25) is 0 Å². The van der Waals surface area contributed by atoms with Crippen LogP contribution in [-0.4, -0.2) is 41.6 Å². The van der Waals surface area contributed by atoms with Crippen molar-refractivity contribution < 1.29 is 9.53 Å². The second-order valence-electron chi connectivity index (χ2n) is 4.91. The minimum Gasteiger partial charge on any atom is -0.462 e. The lowest BCUT2D eigenvalue weighted by atomic mass is 10.2. The standard InChI is InChI=1S/C15H20N6O2/c1-4-23-15(22)10-5-7-11(8-6-10)19-13-12(16)14(18-9-17-13)20-21(2)3/h5-9H,4,16H2,1-3H3,(H2,17,18,19,20). The summed E-state index contributed by atoms with van der Waals surface area (Å²) in [7, 11) is 3.67. The van der Waals surface area contributed by atoms with Crippen LogP contribution in [0.4, 0.5) is 23.0 Å². The highest BCUT2D eigenvalue weighted by Crippen LogP contribution is 2.25. The number of carbonyl (C=O) groups is 1. The summed E-state index contributed by atoms with van der Waals surface area (Å²) in [6.07, 6.45) is 1.41. The second-order valence-corrected chi connectivity index (χ2v) is 4.91. The zero-order valence-corrected chi connectivity index (χ0v) is 13.3. The number of nitrogen functional groups attached to an aromatic ring is 1. The number of benzene rings is 1. The Morgan fingerprint density at radius 2 is 1.87 bits per heavy atom. The number of hydrazine groups is 1. The lowest BCUT2D eigenvalue weighted by Gasteiger charge is -2.16. The normalized spacial score (nSPS) is 10.4. The van der Waals surface area contributed by atoms with E-state index in [1.807, 2.05) is 14.1 Å². The Labute approximate surface area is 134 Å². The van der Waals surface area contributed by atoms with Crippen molar-refractivity contribution in [2.24, 2.45) is 0 Å². The number of nitrogens with zero attached hydrogens (tertiary/aromatic N) is 3. The van der Waals surface area contributed by atoms with Gasteiger partial charge in [-0.25, -0.2) is 19.8 Å². The van der Waals surface area contributed by atoms with Crippen LogP contribution in [0.3, 0.4) is 0 Å². The third kappa shape index (κ3) is 4.30. The molecule has 0 spiro atoms. The van der Waals surface area contributed by atoms with Gasteiger partial charge in [0.25, 0.3) is 0 Å². The minimum absolute atomic E-state index is 0.345. The first-order valence-electron chi connectivity index (χ1n) is 7.10. The number of ether oxygens (including phenoxy) is 1. The third-order valence-corrected chi connectivity index (χ3v) is 2.87. The quantitative estimate of drug-likeness (QED) is 0.548. The third-order valence-electron chi connectivity index (χ3n) is 2.87. The molecule has 0 saturated heterocycles. The fraction of sp³-hybridized carbons (Fsp3) is 0.267. The summed E-state index contributed by atoms with van der Waals surface area (Å²) in [5.74, 6) is 0.641. The molecule has 0 fully saturated rings. The SMILES string of the molecule is CCOC(=O)c1ccc(Nc2ncnc(NN(C)C)c2N)cc1. The first-order valence-corrected chi connectivity index (χ1v) is 7.10. The molecule has 0 saturated carbocycles. The van der Waals surface area contributed by atoms with Crippen molar-refractivity contribution in [2.75, 3.05) is 37.2 Å². The van der Waals surface area contributed by atoms with Gasteiger partial charge in [-0.3, -0.25) is 0 Å². The van der Waals surface area contributed by atoms with Gasteiger partial charge in [0.1, 0.15) is 12.0 Å². The highest BCUT2D eigenvalue weighted by Gasteiger charge is 2.10. The Kier molecular flexibility index (Phi) is 5.32. The van der Waals surface area contributed by atoms with Crippen LogP contribution in [0.15, 0.2) is 30.6 Å². The molecule has 0 amide bonds. The number of carbonyl (C=O) groups excluding carboxylic acids is 1. The van der Waals surface area contributed by atoms with E-state index in [2.05, 4.69) is 20.7 Å². The Morgan fingerprint density at radius 1 is 1.22 bits per heavy atom. The van der Waals surface area contributed by atoms with Crippen molar-refractivity contribution in [3.63, 3.8) is 0 Å². The van der Waals surface area contributed by atoms with Gasteiger partial charge in [-0.05, 0) is 31.2 Å². The molecule has 0 bridgehead atoms. The second kappa shape index (κ2) is 7.41. The number of rotatable bonds is 6. The smallest absolute Gasteiger partial charge is 0.338 e. The molecule has 0 unspecified atom stereocenters. The summed E-state index contributed by atoms with van der Waals surface area (Å²) in [4.78, 5) is 19.8. The number of hydrogen-bond donors (Lipinski definition) is 3. The average Bonchev–Trinajstić information content (AvgIpc) is 2.52. The predicted octanol–water partition coefficient (Wildman–Crippen LogP) is 1.87. The molecule has 0 aliphatic heterocycles. The zero-order valence-electron chi connectivity index (χ0n) is 13.3. The molecule has 1 heterocycles. The highest BCUT2D eigenvalue weighted by atomic mass is 16.5. The molecule has 0 aliphatic carbocycles. The van der Waals surface area contributed by atoms with Gasteiger partial charge in [-0.15, -0.1) is 0 Å². The van der Waals surface area contributed by atoms with Crippen molar-refractivity contribution in [3.05, 3.63) is 36.2 Å². The molecule has 122 valence electrons. The van der Waals surface area contributed by atoms with Gasteiger partial charge < -0.3 is 21.2 Å². The van der Waals surface area contributed by atoms with Gasteiger partial charge >= 0.3 is 5.97 Å². The van der Waals surface area contributed by atoms with Crippen molar-refractivity contribution in [3.8, 4) is 0 Å². The molecule has 2 rings (SSSR count). The molecule has 2 aromatic rings. The van der Waals surface area contributed by atoms with E-state index in [1.54, 1.807) is 36.2 Å². The number of nitrogens with one attached hydrogen (secondary N) is 2. The summed E-state index contributed by atoms with van der Waals surface area (Å²) in [6, 6.07) is 6.87. The van der Waals surface area contributed by atoms with E-state index in [0.29, 0.717) is 29.5 Å².